The van der Waals surface area contributed by atoms with Crippen molar-refractivity contribution >= 4 is 21.7 Å². The lowest BCUT2D eigenvalue weighted by Gasteiger charge is -2.37. The highest BCUT2D eigenvalue weighted by molar-refractivity contribution is 7.89. The normalized spacial score (nSPS) is 14.1. The molecular formula is C27H25F4N7O4S. The summed E-state index contributed by atoms with van der Waals surface area (Å²) in [4.78, 5) is 19.5. The fourth-order valence-corrected chi connectivity index (χ4v) is 5.17. The number of halogens is 4. The van der Waals surface area contributed by atoms with Crippen LogP contribution in [0.3, 0.4) is 0 Å². The molecule has 0 amide bonds. The van der Waals surface area contributed by atoms with Crippen molar-refractivity contribution in [1.82, 2.24) is 19.9 Å². The van der Waals surface area contributed by atoms with E-state index in [1.807, 2.05) is 4.90 Å². The summed E-state index contributed by atoms with van der Waals surface area (Å²) in [6.07, 6.45) is -4.92. The average Bonchev–Trinajstić information content (AvgIpc) is 2.99. The molecule has 11 nitrogen and oxygen atoms in total. The molecule has 0 spiro atoms. The summed E-state index contributed by atoms with van der Waals surface area (Å²) < 4.78 is 90.9. The Morgan fingerprint density at radius 2 is 1.51 bits per heavy atom. The summed E-state index contributed by atoms with van der Waals surface area (Å²) in [5.74, 6) is -1.31. The van der Waals surface area contributed by atoms with Gasteiger partial charge in [-0.15, -0.1) is 0 Å². The Morgan fingerprint density at radius 1 is 0.837 bits per heavy atom. The summed E-state index contributed by atoms with van der Waals surface area (Å²) in [6, 6.07) is 11.9. The Hall–Kier alpha value is -4.57. The first-order chi connectivity index (χ1) is 20.4. The molecule has 0 saturated carbocycles. The number of benzene rings is 2. The Kier molecular flexibility index (Phi) is 8.07. The van der Waals surface area contributed by atoms with E-state index in [1.54, 1.807) is 11.0 Å². The van der Waals surface area contributed by atoms with E-state index in [-0.39, 0.29) is 58.1 Å². The van der Waals surface area contributed by atoms with Gasteiger partial charge in [0, 0.05) is 37.8 Å². The molecule has 4 aromatic rings. The first-order valence-electron chi connectivity index (χ1n) is 12.7. The van der Waals surface area contributed by atoms with Crippen LogP contribution in [0.4, 0.5) is 29.2 Å². The number of hydrogen-bond acceptors (Lipinski definition) is 10. The fraction of sp³-hybridized carbons (Fsp3) is 0.259. The monoisotopic (exact) mass is 619 g/mol. The van der Waals surface area contributed by atoms with Gasteiger partial charge in [0.15, 0.2) is 0 Å². The van der Waals surface area contributed by atoms with Crippen LogP contribution in [0, 0.1) is 5.82 Å². The molecule has 0 unspecified atom stereocenters. The maximum atomic E-state index is 14.1. The van der Waals surface area contributed by atoms with Gasteiger partial charge in [0.2, 0.25) is 21.7 Å². The second kappa shape index (κ2) is 11.6. The number of aromatic nitrogens is 4. The van der Waals surface area contributed by atoms with Crippen LogP contribution in [0.25, 0.3) is 22.4 Å². The van der Waals surface area contributed by atoms with E-state index in [0.29, 0.717) is 18.9 Å². The third kappa shape index (κ3) is 6.44. The van der Waals surface area contributed by atoms with Crippen LogP contribution in [0.5, 0.6) is 11.9 Å². The lowest BCUT2D eigenvalue weighted by Crippen LogP contribution is -2.47. The number of piperazine rings is 1. The van der Waals surface area contributed by atoms with Crippen molar-refractivity contribution in [3.63, 3.8) is 0 Å². The van der Waals surface area contributed by atoms with Gasteiger partial charge in [0.25, 0.3) is 0 Å². The topological polar surface area (TPSA) is 137 Å². The van der Waals surface area contributed by atoms with Gasteiger partial charge in [0.1, 0.15) is 17.5 Å². The lowest BCUT2D eigenvalue weighted by molar-refractivity contribution is -0.144. The van der Waals surface area contributed by atoms with Gasteiger partial charge in [-0.2, -0.15) is 23.1 Å². The Balaban J connectivity index is 1.64. The van der Waals surface area contributed by atoms with Crippen LogP contribution in [-0.2, 0) is 16.2 Å². The van der Waals surface area contributed by atoms with Gasteiger partial charge >= 0.3 is 12.2 Å². The van der Waals surface area contributed by atoms with E-state index in [9.17, 15) is 26.0 Å². The summed E-state index contributed by atoms with van der Waals surface area (Å²) in [7, 11) is -1.30. The van der Waals surface area contributed by atoms with Crippen molar-refractivity contribution < 1.29 is 35.5 Å². The van der Waals surface area contributed by atoms with Crippen LogP contribution in [0.2, 0.25) is 0 Å². The van der Waals surface area contributed by atoms with Gasteiger partial charge in [-0.05, 0) is 42.0 Å². The highest BCUT2D eigenvalue weighted by Gasteiger charge is 2.38. The zero-order chi connectivity index (χ0) is 30.9. The summed E-state index contributed by atoms with van der Waals surface area (Å²) in [6.45, 7) is 1.04. The zero-order valence-electron chi connectivity index (χ0n) is 22.8. The van der Waals surface area contributed by atoms with Crippen molar-refractivity contribution in [3.05, 3.63) is 66.2 Å². The fourth-order valence-electron chi connectivity index (χ4n) is 4.61. The number of nitrogens with zero attached hydrogens (tertiary/aromatic N) is 6. The van der Waals surface area contributed by atoms with E-state index in [0.717, 1.165) is 12.1 Å². The molecule has 2 aromatic heterocycles. The zero-order valence-corrected chi connectivity index (χ0v) is 23.7. The number of ether oxygens (including phenoxy) is 2. The molecule has 0 bridgehead atoms. The number of alkyl halides is 3. The van der Waals surface area contributed by atoms with E-state index < -0.39 is 27.8 Å². The molecule has 16 heteroatoms. The molecule has 43 heavy (non-hydrogen) atoms. The highest BCUT2D eigenvalue weighted by atomic mass is 32.2. The first kappa shape index (κ1) is 29.9. The van der Waals surface area contributed by atoms with Gasteiger partial charge in [-0.25, -0.2) is 27.9 Å². The second-order valence-corrected chi connectivity index (χ2v) is 11.0. The van der Waals surface area contributed by atoms with Crippen LogP contribution < -0.4 is 24.4 Å². The molecule has 5 rings (SSSR count). The quantitative estimate of drug-likeness (QED) is 0.305. The molecule has 1 aliphatic heterocycles. The number of sulfonamides is 1. The molecular weight excluding hydrogens is 594 g/mol. The maximum absolute atomic E-state index is 14.1. The molecule has 2 N–H and O–H groups in total. The lowest BCUT2D eigenvalue weighted by atomic mass is 9.98. The number of methoxy groups -OCH3 is 2. The third-order valence-corrected chi connectivity index (χ3v) is 7.59. The Labute approximate surface area is 244 Å². The number of nitrogens with two attached hydrogens (primary N) is 1. The SMILES string of the molecule is COc1cc(N2CCN(c3nc(C(F)(F)F)nc(-c4ccc(F)cc4)c3-c3cccc(S(N)(=O)=O)c3)CC2)nc(OC)n1. The van der Waals surface area contributed by atoms with Crippen LogP contribution in [0.1, 0.15) is 5.82 Å². The summed E-state index contributed by atoms with van der Waals surface area (Å²) >= 11 is 0. The summed E-state index contributed by atoms with van der Waals surface area (Å²) in [5.41, 5.74) is 0.355. The molecule has 1 fully saturated rings. The molecule has 2 aromatic carbocycles. The van der Waals surface area contributed by atoms with Crippen molar-refractivity contribution in [1.29, 1.82) is 0 Å². The van der Waals surface area contributed by atoms with E-state index in [4.69, 9.17) is 14.6 Å². The minimum atomic E-state index is -4.92. The predicted octanol–water partition coefficient (Wildman–Crippen LogP) is 3.75. The standard InChI is InChI=1S/C27H25F4N7O4S/c1-41-21-15-20(33-26(34-21)42-2)37-10-12-38(13-11-37)24-22(17-4-3-5-19(14-17)43(32,39)40)23(16-6-8-18(28)9-7-16)35-25(36-24)27(29,30)31/h3-9,14-15H,10-13H2,1-2H3,(H2,32,39,40). The number of anilines is 2. The van der Waals surface area contributed by atoms with Crippen LogP contribution >= 0.6 is 0 Å². The largest absolute Gasteiger partial charge is 0.481 e. The van der Waals surface area contributed by atoms with Gasteiger partial charge in [-0.1, -0.05) is 12.1 Å². The van der Waals surface area contributed by atoms with Crippen molar-refractivity contribution in [2.45, 2.75) is 11.1 Å². The number of hydrogen-bond donors (Lipinski definition) is 1. The molecule has 226 valence electrons. The van der Waals surface area contributed by atoms with Gasteiger partial charge in [0.05, 0.1) is 30.4 Å². The second-order valence-electron chi connectivity index (χ2n) is 9.40. The predicted molar refractivity (Wildman–Crippen MR) is 149 cm³/mol. The van der Waals surface area contributed by atoms with Gasteiger partial charge in [-0.3, -0.25) is 0 Å². The highest BCUT2D eigenvalue weighted by Crippen LogP contribution is 2.41. The smallest absolute Gasteiger partial charge is 0.451 e. The molecule has 3 heterocycles. The molecule has 0 aliphatic carbocycles. The van der Waals surface area contributed by atoms with Crippen molar-refractivity contribution in [3.8, 4) is 34.3 Å². The minimum Gasteiger partial charge on any atom is -0.481 e. The van der Waals surface area contributed by atoms with Crippen molar-refractivity contribution in [2.24, 2.45) is 5.14 Å². The molecule has 1 saturated heterocycles. The first-order valence-corrected chi connectivity index (χ1v) is 14.3. The molecule has 1 aliphatic rings. The van der Waals surface area contributed by atoms with Crippen LogP contribution in [0.15, 0.2) is 59.5 Å². The van der Waals surface area contributed by atoms with Crippen LogP contribution in [-0.4, -0.2) is 68.8 Å². The van der Waals surface area contributed by atoms with E-state index in [1.165, 1.54) is 50.6 Å². The minimum absolute atomic E-state index is 0.0780. The van der Waals surface area contributed by atoms with E-state index in [2.05, 4.69) is 19.9 Å². The summed E-state index contributed by atoms with van der Waals surface area (Å²) in [5, 5.41) is 5.35. The van der Waals surface area contributed by atoms with Gasteiger partial charge < -0.3 is 19.3 Å². The number of rotatable bonds is 7. The van der Waals surface area contributed by atoms with E-state index >= 15 is 0 Å². The molecule has 0 atom stereocenters. The maximum Gasteiger partial charge on any atom is 0.451 e. The van der Waals surface area contributed by atoms with Crippen molar-refractivity contribution in [2.75, 3.05) is 50.2 Å². The third-order valence-electron chi connectivity index (χ3n) is 6.68. The molecule has 0 radical (unpaired) electrons. The Morgan fingerprint density at radius 3 is 2.12 bits per heavy atom. The Bertz CT molecular complexity index is 1730. The average molecular weight is 620 g/mol. The number of primary sulfonamides is 1.